The molecule has 2 unspecified atom stereocenters. The van der Waals surface area contributed by atoms with Gasteiger partial charge < -0.3 is 36.8 Å². The van der Waals surface area contributed by atoms with Crippen molar-refractivity contribution in [1.29, 1.82) is 0 Å². The predicted octanol–water partition coefficient (Wildman–Crippen LogP) is 0.800. The number of benzene rings is 1. The number of carbonyl (C=O) groups excluding carboxylic acids is 4. The van der Waals surface area contributed by atoms with Crippen molar-refractivity contribution in [1.82, 2.24) is 5.32 Å². The van der Waals surface area contributed by atoms with Crippen LogP contribution in [0.25, 0.3) is 0 Å². The number of Topliss-reactive ketones (excluding diaryl/α,β-unsaturated/α-hetero) is 2. The molecule has 1 saturated heterocycles. The van der Waals surface area contributed by atoms with Gasteiger partial charge in [-0.3, -0.25) is 19.2 Å². The molecule has 0 saturated carbocycles. The van der Waals surface area contributed by atoms with E-state index in [2.05, 4.69) is 10.6 Å². The molecule has 3 aliphatic carbocycles. The lowest BCUT2D eigenvalue weighted by molar-refractivity contribution is -0.144. The summed E-state index contributed by atoms with van der Waals surface area (Å²) < 4.78 is 15.2. The third-order valence-electron chi connectivity index (χ3n) is 7.89. The third kappa shape index (κ3) is 3.62. The zero-order chi connectivity index (χ0) is 26.8. The minimum absolute atomic E-state index is 0.102. The first kappa shape index (κ1) is 24.9. The highest BCUT2D eigenvalue weighted by atomic mass is 19.1. The first-order chi connectivity index (χ1) is 17.5. The number of allylic oxidation sites excluding steroid dienone is 2. The van der Waals surface area contributed by atoms with Crippen LogP contribution in [-0.4, -0.2) is 62.0 Å². The quantitative estimate of drug-likeness (QED) is 0.225. The van der Waals surface area contributed by atoms with Crippen molar-refractivity contribution >= 4 is 29.1 Å². The summed E-state index contributed by atoms with van der Waals surface area (Å²) in [5.74, 6) is -9.35. The Balaban J connectivity index is 1.56. The molecule has 1 aromatic carbocycles. The average Bonchev–Trinajstić information content (AvgIpc) is 2.84. The highest BCUT2D eigenvalue weighted by molar-refractivity contribution is 6.24. The number of phenols is 1. The van der Waals surface area contributed by atoms with Gasteiger partial charge in [0.05, 0.1) is 17.3 Å². The second-order valence-corrected chi connectivity index (χ2v) is 10.0. The van der Waals surface area contributed by atoms with Gasteiger partial charge in [-0.25, -0.2) is 4.39 Å². The first-order valence-corrected chi connectivity index (χ1v) is 12.0. The van der Waals surface area contributed by atoms with E-state index in [0.29, 0.717) is 13.0 Å². The molecule has 11 nitrogen and oxygen atoms in total. The molecular weight excluding hydrogens is 489 g/mol. The highest BCUT2D eigenvalue weighted by Crippen LogP contribution is 2.52. The lowest BCUT2D eigenvalue weighted by Gasteiger charge is -2.45. The SMILES string of the molecule is NC(=O)C1=C(O)C[C@@H]2CC3Cc4c(F)cc(NC(=O)C5CCCCN5)c(O)c4C(=O)C3=C(O)[C@]2(O)C1=O. The Morgan fingerprint density at radius 3 is 2.54 bits per heavy atom. The van der Waals surface area contributed by atoms with Gasteiger partial charge in [0.15, 0.2) is 17.1 Å². The van der Waals surface area contributed by atoms with Crippen LogP contribution in [-0.2, 0) is 20.8 Å². The fourth-order valence-electron chi connectivity index (χ4n) is 6.03. The first-order valence-electron chi connectivity index (χ1n) is 12.0. The van der Waals surface area contributed by atoms with Crippen LogP contribution in [0.3, 0.4) is 0 Å². The number of aliphatic hydroxyl groups is 3. The topological polar surface area (TPSA) is 199 Å². The van der Waals surface area contributed by atoms with Crippen molar-refractivity contribution in [2.45, 2.75) is 50.2 Å². The molecule has 0 radical (unpaired) electrons. The number of anilines is 1. The number of hydrogen-bond acceptors (Lipinski definition) is 9. The maximum atomic E-state index is 15.2. The van der Waals surface area contributed by atoms with Gasteiger partial charge in [-0.15, -0.1) is 0 Å². The summed E-state index contributed by atoms with van der Waals surface area (Å²) in [6, 6.07) is 0.373. The Bertz CT molecular complexity index is 1330. The zero-order valence-electron chi connectivity index (χ0n) is 19.6. The molecular formula is C25H26FN3O8. The van der Waals surface area contributed by atoms with Crippen molar-refractivity contribution in [2.75, 3.05) is 11.9 Å². The molecule has 8 N–H and O–H groups in total. The molecule has 5 rings (SSSR count). The summed E-state index contributed by atoms with van der Waals surface area (Å²) in [5.41, 5.74) is 0.231. The number of aromatic hydroxyl groups is 1. The number of primary amides is 1. The van der Waals surface area contributed by atoms with Crippen molar-refractivity contribution in [2.24, 2.45) is 17.6 Å². The van der Waals surface area contributed by atoms with E-state index in [1.807, 2.05) is 0 Å². The van der Waals surface area contributed by atoms with E-state index < -0.39 is 86.7 Å². The van der Waals surface area contributed by atoms with Crippen LogP contribution < -0.4 is 16.4 Å². The Morgan fingerprint density at radius 2 is 1.89 bits per heavy atom. The summed E-state index contributed by atoms with van der Waals surface area (Å²) in [7, 11) is 0. The van der Waals surface area contributed by atoms with E-state index in [9.17, 15) is 39.6 Å². The molecule has 2 amide bonds. The number of piperidine rings is 1. The van der Waals surface area contributed by atoms with E-state index in [-0.39, 0.29) is 30.5 Å². The lowest BCUT2D eigenvalue weighted by Crippen LogP contribution is -2.57. The van der Waals surface area contributed by atoms with Crippen molar-refractivity contribution in [3.05, 3.63) is 45.7 Å². The molecule has 1 heterocycles. The molecule has 196 valence electrons. The number of nitrogens with one attached hydrogen (secondary N) is 2. The van der Waals surface area contributed by atoms with Gasteiger partial charge in [-0.05, 0) is 38.1 Å². The number of phenolic OH excluding ortho intramolecular Hbond substituents is 1. The fourth-order valence-corrected chi connectivity index (χ4v) is 6.03. The number of halogens is 1. The van der Waals surface area contributed by atoms with E-state index in [0.717, 1.165) is 18.9 Å². The van der Waals surface area contributed by atoms with Gasteiger partial charge in [0.1, 0.15) is 22.9 Å². The summed E-state index contributed by atoms with van der Waals surface area (Å²) >= 11 is 0. The van der Waals surface area contributed by atoms with Crippen LogP contribution in [0.2, 0.25) is 0 Å². The van der Waals surface area contributed by atoms with Gasteiger partial charge in [-0.2, -0.15) is 0 Å². The number of carbonyl (C=O) groups is 4. The smallest absolute Gasteiger partial charge is 0.255 e. The van der Waals surface area contributed by atoms with E-state index in [1.54, 1.807) is 0 Å². The number of amides is 2. The highest BCUT2D eigenvalue weighted by Gasteiger charge is 2.59. The molecule has 12 heteroatoms. The largest absolute Gasteiger partial charge is 0.511 e. The molecule has 0 aromatic heterocycles. The predicted molar refractivity (Wildman–Crippen MR) is 125 cm³/mol. The Morgan fingerprint density at radius 1 is 1.16 bits per heavy atom. The van der Waals surface area contributed by atoms with Gasteiger partial charge in [0, 0.05) is 29.5 Å². The number of rotatable bonds is 3. The van der Waals surface area contributed by atoms with Crippen LogP contribution in [0.15, 0.2) is 28.7 Å². The molecule has 1 aromatic rings. The van der Waals surface area contributed by atoms with Gasteiger partial charge in [-0.1, -0.05) is 6.42 Å². The Labute approximate surface area is 209 Å². The standard InChI is InChI=1S/C25H26FN3O8/c26-12-8-14(29-24(36)13-3-1-2-4-28-13)19(31)17-11(12)6-9-5-10-7-15(30)18(23(27)35)22(34)25(10,37)21(33)16(9)20(17)32/h8-10,13,28,30-31,33,37H,1-7H2,(H2,27,35)(H,29,36)/t9?,10-,13?,25-/m0/s1. The second-order valence-electron chi connectivity index (χ2n) is 10.0. The maximum Gasteiger partial charge on any atom is 0.255 e. The zero-order valence-corrected chi connectivity index (χ0v) is 19.6. The number of nitrogens with two attached hydrogens (primary N) is 1. The lowest BCUT2D eigenvalue weighted by atomic mass is 9.60. The number of ketones is 2. The average molecular weight is 515 g/mol. The molecule has 1 aliphatic heterocycles. The molecule has 4 atom stereocenters. The summed E-state index contributed by atoms with van der Waals surface area (Å²) in [4.78, 5) is 50.9. The minimum Gasteiger partial charge on any atom is -0.511 e. The minimum atomic E-state index is -2.71. The van der Waals surface area contributed by atoms with Crippen LogP contribution in [0, 0.1) is 17.7 Å². The fraction of sp³-hybridized carbons (Fsp3) is 0.440. The maximum absolute atomic E-state index is 15.2. The normalized spacial score (nSPS) is 29.4. The summed E-state index contributed by atoms with van der Waals surface area (Å²) in [6.07, 6.45) is 1.63. The monoisotopic (exact) mass is 515 g/mol. The molecule has 37 heavy (non-hydrogen) atoms. The number of fused-ring (bicyclic) bond motifs is 3. The van der Waals surface area contributed by atoms with Crippen LogP contribution in [0.4, 0.5) is 10.1 Å². The van der Waals surface area contributed by atoms with Gasteiger partial charge in [0.2, 0.25) is 11.7 Å². The van der Waals surface area contributed by atoms with Gasteiger partial charge >= 0.3 is 0 Å². The van der Waals surface area contributed by atoms with E-state index >= 15 is 4.39 Å². The van der Waals surface area contributed by atoms with E-state index in [4.69, 9.17) is 5.73 Å². The molecule has 4 aliphatic rings. The van der Waals surface area contributed by atoms with Crippen molar-refractivity contribution in [3.63, 3.8) is 0 Å². The summed E-state index contributed by atoms with van der Waals surface area (Å²) in [5, 5.41) is 48.8. The van der Waals surface area contributed by atoms with Crippen molar-refractivity contribution in [3.8, 4) is 5.75 Å². The third-order valence-corrected chi connectivity index (χ3v) is 7.89. The van der Waals surface area contributed by atoms with Gasteiger partial charge in [0.25, 0.3) is 5.91 Å². The number of hydrogen-bond donors (Lipinski definition) is 7. The second kappa shape index (κ2) is 8.67. The van der Waals surface area contributed by atoms with Crippen LogP contribution >= 0.6 is 0 Å². The molecule has 0 bridgehead atoms. The molecule has 1 fully saturated rings. The van der Waals surface area contributed by atoms with Crippen LogP contribution in [0.5, 0.6) is 5.75 Å². The Kier molecular flexibility index (Phi) is 5.83. The summed E-state index contributed by atoms with van der Waals surface area (Å²) in [6.45, 7) is 0.628. The number of aliphatic hydroxyl groups excluding tert-OH is 2. The van der Waals surface area contributed by atoms with E-state index in [1.165, 1.54) is 0 Å². The van der Waals surface area contributed by atoms with Crippen molar-refractivity contribution < 1.29 is 44.0 Å². The Hall–Kier alpha value is -3.77. The van der Waals surface area contributed by atoms with Crippen LogP contribution in [0.1, 0.15) is 48.0 Å². The molecule has 0 spiro atoms.